The van der Waals surface area contributed by atoms with Crippen LogP contribution in [0.5, 0.6) is 0 Å². The Bertz CT molecular complexity index is 369. The van der Waals surface area contributed by atoms with Crippen molar-refractivity contribution < 1.29 is 9.32 Å². The molecule has 1 fully saturated rings. The summed E-state index contributed by atoms with van der Waals surface area (Å²) in [4.78, 5) is 15.3. The Morgan fingerprint density at radius 2 is 2.12 bits per heavy atom. The molecule has 0 bridgehead atoms. The minimum Gasteiger partial charge on any atom is -0.352 e. The molecule has 0 aromatic carbocycles. The average Bonchev–Trinajstić information content (AvgIpc) is 2.78. The molecule has 0 atom stereocenters. The molecule has 88 valence electrons. The van der Waals surface area contributed by atoms with Gasteiger partial charge >= 0.3 is 0 Å². The minimum absolute atomic E-state index is 0.104. The second kappa shape index (κ2) is 4.61. The maximum atomic E-state index is 11.2. The van der Waals surface area contributed by atoms with Crippen LogP contribution < -0.4 is 11.1 Å². The molecule has 0 saturated heterocycles. The van der Waals surface area contributed by atoms with E-state index in [0.717, 1.165) is 25.7 Å². The van der Waals surface area contributed by atoms with Crippen LogP contribution in [-0.4, -0.2) is 29.1 Å². The van der Waals surface area contributed by atoms with Crippen LogP contribution in [0.2, 0.25) is 0 Å². The fourth-order valence-corrected chi connectivity index (χ4v) is 1.97. The molecule has 1 amide bonds. The van der Waals surface area contributed by atoms with Crippen molar-refractivity contribution in [1.29, 1.82) is 0 Å². The van der Waals surface area contributed by atoms with Gasteiger partial charge in [0.05, 0.1) is 0 Å². The molecule has 1 aromatic heterocycles. The normalized spacial score (nSPS) is 25.4. The molecule has 0 spiro atoms. The number of aromatic nitrogens is 2. The molecule has 1 heterocycles. The largest absolute Gasteiger partial charge is 0.352 e. The van der Waals surface area contributed by atoms with Crippen molar-refractivity contribution in [2.45, 2.75) is 37.6 Å². The van der Waals surface area contributed by atoms with E-state index in [1.165, 1.54) is 7.05 Å². The van der Waals surface area contributed by atoms with Crippen molar-refractivity contribution in [1.82, 2.24) is 15.5 Å². The first kappa shape index (κ1) is 11.1. The van der Waals surface area contributed by atoms with E-state index in [0.29, 0.717) is 5.89 Å². The fourth-order valence-electron chi connectivity index (χ4n) is 1.97. The molecule has 3 N–H and O–H groups in total. The Balaban J connectivity index is 2.04. The van der Waals surface area contributed by atoms with Crippen molar-refractivity contribution >= 4 is 5.91 Å². The summed E-state index contributed by atoms with van der Waals surface area (Å²) in [6.45, 7) is 0. The summed E-state index contributed by atoms with van der Waals surface area (Å²) >= 11 is 0. The number of carbonyl (C=O) groups excluding carboxylic acids is 1. The number of nitrogens with one attached hydrogen (secondary N) is 1. The molecule has 2 rings (SSSR count). The van der Waals surface area contributed by atoms with Gasteiger partial charge in [0.2, 0.25) is 5.89 Å². The second-order valence-electron chi connectivity index (χ2n) is 4.15. The van der Waals surface area contributed by atoms with Crippen LogP contribution in [0, 0.1) is 0 Å². The van der Waals surface area contributed by atoms with Crippen LogP contribution >= 0.6 is 0 Å². The zero-order chi connectivity index (χ0) is 11.5. The van der Waals surface area contributed by atoms with Crippen molar-refractivity contribution in [3.63, 3.8) is 0 Å². The first-order valence-electron chi connectivity index (χ1n) is 5.52. The lowest BCUT2D eigenvalue weighted by molar-refractivity contribution is 0.0950. The summed E-state index contributed by atoms with van der Waals surface area (Å²) in [5, 5.41) is 6.11. The van der Waals surface area contributed by atoms with Gasteiger partial charge in [-0.2, -0.15) is 4.98 Å². The minimum atomic E-state index is -0.317. The van der Waals surface area contributed by atoms with Crippen molar-refractivity contribution in [2.24, 2.45) is 5.73 Å². The van der Waals surface area contributed by atoms with Crippen molar-refractivity contribution in [3.05, 3.63) is 11.7 Å². The highest BCUT2D eigenvalue weighted by atomic mass is 16.5. The number of carbonyl (C=O) groups is 1. The van der Waals surface area contributed by atoms with Crippen molar-refractivity contribution in [2.75, 3.05) is 7.05 Å². The van der Waals surface area contributed by atoms with E-state index in [-0.39, 0.29) is 23.7 Å². The molecule has 16 heavy (non-hydrogen) atoms. The quantitative estimate of drug-likeness (QED) is 0.759. The summed E-state index contributed by atoms with van der Waals surface area (Å²) in [5.41, 5.74) is 5.82. The van der Waals surface area contributed by atoms with Gasteiger partial charge in [-0.1, -0.05) is 5.16 Å². The molecular weight excluding hydrogens is 208 g/mol. The zero-order valence-corrected chi connectivity index (χ0v) is 9.27. The highest BCUT2D eigenvalue weighted by Gasteiger charge is 2.25. The van der Waals surface area contributed by atoms with Gasteiger partial charge in [-0.15, -0.1) is 0 Å². The van der Waals surface area contributed by atoms with Gasteiger partial charge < -0.3 is 15.6 Å². The van der Waals surface area contributed by atoms with Gasteiger partial charge in [0.25, 0.3) is 11.7 Å². The molecule has 1 aliphatic carbocycles. The van der Waals surface area contributed by atoms with Gasteiger partial charge in [0.15, 0.2) is 0 Å². The van der Waals surface area contributed by atoms with Crippen LogP contribution in [0.4, 0.5) is 0 Å². The lowest BCUT2D eigenvalue weighted by Crippen LogP contribution is -2.26. The molecule has 0 aliphatic heterocycles. The summed E-state index contributed by atoms with van der Waals surface area (Å²) in [5.74, 6) is 0.603. The fraction of sp³-hybridized carbons (Fsp3) is 0.700. The zero-order valence-electron chi connectivity index (χ0n) is 9.27. The maximum absolute atomic E-state index is 11.2. The Labute approximate surface area is 93.6 Å². The van der Waals surface area contributed by atoms with Crippen LogP contribution in [0.15, 0.2) is 4.52 Å². The van der Waals surface area contributed by atoms with E-state index in [1.807, 2.05) is 0 Å². The molecular formula is C10H16N4O2. The van der Waals surface area contributed by atoms with E-state index >= 15 is 0 Å². The standard InChI is InChI=1S/C10H16N4O2/c1-12-9(15)8-13-10(16-14-8)6-2-4-7(11)5-3-6/h6-7H,2-5,11H2,1H3,(H,12,15). The smallest absolute Gasteiger partial charge is 0.292 e. The summed E-state index contributed by atoms with van der Waals surface area (Å²) in [7, 11) is 1.54. The Hall–Kier alpha value is -1.43. The maximum Gasteiger partial charge on any atom is 0.292 e. The van der Waals surface area contributed by atoms with Crippen LogP contribution in [0.3, 0.4) is 0 Å². The molecule has 1 saturated carbocycles. The topological polar surface area (TPSA) is 94.0 Å². The third kappa shape index (κ3) is 2.21. The monoisotopic (exact) mass is 224 g/mol. The highest BCUT2D eigenvalue weighted by Crippen LogP contribution is 2.30. The Kier molecular flexibility index (Phi) is 3.19. The Morgan fingerprint density at radius 1 is 1.44 bits per heavy atom. The molecule has 0 unspecified atom stereocenters. The van der Waals surface area contributed by atoms with E-state index in [1.54, 1.807) is 0 Å². The average molecular weight is 224 g/mol. The molecule has 1 aliphatic rings. The Morgan fingerprint density at radius 3 is 2.75 bits per heavy atom. The summed E-state index contributed by atoms with van der Waals surface area (Å²) < 4.78 is 5.10. The van der Waals surface area contributed by atoms with Gasteiger partial charge in [-0.25, -0.2) is 0 Å². The van der Waals surface area contributed by atoms with E-state index in [4.69, 9.17) is 10.3 Å². The number of nitrogens with two attached hydrogens (primary N) is 1. The van der Waals surface area contributed by atoms with E-state index in [9.17, 15) is 4.79 Å². The van der Waals surface area contributed by atoms with E-state index < -0.39 is 0 Å². The SMILES string of the molecule is CNC(=O)c1noc(C2CCC(N)CC2)n1. The summed E-state index contributed by atoms with van der Waals surface area (Å²) in [6.07, 6.45) is 3.86. The molecule has 1 aromatic rings. The third-order valence-corrected chi connectivity index (χ3v) is 2.99. The second-order valence-corrected chi connectivity index (χ2v) is 4.15. The summed E-state index contributed by atoms with van der Waals surface area (Å²) in [6, 6.07) is 0.289. The van der Waals surface area contributed by atoms with E-state index in [2.05, 4.69) is 15.5 Å². The predicted molar refractivity (Wildman–Crippen MR) is 56.9 cm³/mol. The van der Waals surface area contributed by atoms with Crippen LogP contribution in [0.1, 0.15) is 48.1 Å². The van der Waals surface area contributed by atoms with Gasteiger partial charge in [-0.05, 0) is 25.7 Å². The number of nitrogens with zero attached hydrogens (tertiary/aromatic N) is 2. The first-order valence-corrected chi connectivity index (χ1v) is 5.52. The van der Waals surface area contributed by atoms with Crippen molar-refractivity contribution in [3.8, 4) is 0 Å². The predicted octanol–water partition coefficient (Wildman–Crippen LogP) is 0.414. The lowest BCUT2D eigenvalue weighted by Gasteiger charge is -2.22. The number of amides is 1. The lowest BCUT2D eigenvalue weighted by atomic mass is 9.86. The highest BCUT2D eigenvalue weighted by molar-refractivity contribution is 5.89. The number of hydrogen-bond acceptors (Lipinski definition) is 5. The van der Waals surface area contributed by atoms with Crippen LogP contribution in [0.25, 0.3) is 0 Å². The van der Waals surface area contributed by atoms with Gasteiger partial charge in [-0.3, -0.25) is 4.79 Å². The molecule has 6 heteroatoms. The number of hydrogen-bond donors (Lipinski definition) is 2. The van der Waals surface area contributed by atoms with Crippen LogP contribution in [-0.2, 0) is 0 Å². The first-order chi connectivity index (χ1) is 7.70. The number of rotatable bonds is 2. The molecule has 0 radical (unpaired) electrons. The van der Waals surface area contributed by atoms with Gasteiger partial charge in [0, 0.05) is 19.0 Å². The van der Waals surface area contributed by atoms with Gasteiger partial charge in [0.1, 0.15) is 0 Å². The third-order valence-electron chi connectivity index (χ3n) is 2.99. The molecule has 6 nitrogen and oxygen atoms in total.